The third-order valence-electron chi connectivity index (χ3n) is 9.83. The highest BCUT2D eigenvalue weighted by molar-refractivity contribution is 6.14. The minimum atomic E-state index is 0.908. The highest BCUT2D eigenvalue weighted by Gasteiger charge is 2.18. The van der Waals surface area contributed by atoms with Crippen molar-refractivity contribution in [2.24, 2.45) is 0 Å². The van der Waals surface area contributed by atoms with E-state index >= 15 is 0 Å². The molecule has 0 aliphatic heterocycles. The first kappa shape index (κ1) is 26.8. The molecule has 0 saturated heterocycles. The first-order valence-corrected chi connectivity index (χ1v) is 16.4. The topological polar surface area (TPSA) is 16.4 Å². The number of hydrogen-bond acceptors (Lipinski definition) is 2. The van der Waals surface area contributed by atoms with E-state index in [1.807, 2.05) is 12.1 Å². The monoisotopic (exact) mass is 611 g/mol. The molecule has 9 aromatic carbocycles. The number of furan rings is 1. The second-order valence-corrected chi connectivity index (χ2v) is 12.5. The van der Waals surface area contributed by atoms with Gasteiger partial charge in [0.2, 0.25) is 0 Å². The van der Waals surface area contributed by atoms with Crippen LogP contribution in [0.5, 0.6) is 0 Å². The fourth-order valence-corrected chi connectivity index (χ4v) is 7.48. The Balaban J connectivity index is 1.16. The standard InChI is InChI=1S/C46H29NO/c1-3-10-37-32(9-1)21-26-40-39(37)13-7-14-44(40)47(36-25-20-33-17-16-31-8-2-4-11-38(31)43(33)29-36)35-23-18-30(19-24-35)34-22-27-42-41-12-5-6-15-45(41)48-46(42)28-34/h1-29H. The maximum absolute atomic E-state index is 6.22. The second-order valence-electron chi connectivity index (χ2n) is 12.5. The number of anilines is 3. The lowest BCUT2D eigenvalue weighted by Crippen LogP contribution is -2.10. The van der Waals surface area contributed by atoms with Crippen LogP contribution in [0.1, 0.15) is 0 Å². The van der Waals surface area contributed by atoms with Crippen LogP contribution in [0.4, 0.5) is 17.1 Å². The molecular formula is C46H29NO. The van der Waals surface area contributed by atoms with Crippen LogP contribution in [0.15, 0.2) is 180 Å². The van der Waals surface area contributed by atoms with Crippen LogP contribution in [0.2, 0.25) is 0 Å². The van der Waals surface area contributed by atoms with E-state index in [4.69, 9.17) is 4.42 Å². The number of hydrogen-bond donors (Lipinski definition) is 0. The summed E-state index contributed by atoms with van der Waals surface area (Å²) in [4.78, 5) is 2.41. The minimum absolute atomic E-state index is 0.908. The summed E-state index contributed by atoms with van der Waals surface area (Å²) in [6, 6.07) is 63.5. The van der Waals surface area contributed by atoms with Gasteiger partial charge in [-0.15, -0.1) is 0 Å². The highest BCUT2D eigenvalue weighted by Crippen LogP contribution is 2.43. The summed E-state index contributed by atoms with van der Waals surface area (Å²) in [6.45, 7) is 0. The van der Waals surface area contributed by atoms with Crippen molar-refractivity contribution in [2.75, 3.05) is 4.90 Å². The molecule has 224 valence electrons. The Labute approximate surface area is 277 Å². The summed E-state index contributed by atoms with van der Waals surface area (Å²) in [6.07, 6.45) is 0. The first-order chi connectivity index (χ1) is 23.8. The summed E-state index contributed by atoms with van der Waals surface area (Å²) >= 11 is 0. The number of para-hydroxylation sites is 1. The Morgan fingerprint density at radius 3 is 1.69 bits per heavy atom. The maximum Gasteiger partial charge on any atom is 0.136 e. The molecule has 1 heterocycles. The van der Waals surface area contributed by atoms with Crippen LogP contribution in [0.3, 0.4) is 0 Å². The Morgan fingerprint density at radius 1 is 0.312 bits per heavy atom. The lowest BCUT2D eigenvalue weighted by atomic mass is 9.98. The zero-order chi connectivity index (χ0) is 31.6. The van der Waals surface area contributed by atoms with Crippen LogP contribution in [-0.2, 0) is 0 Å². The molecule has 1 aromatic heterocycles. The van der Waals surface area contributed by atoms with Gasteiger partial charge in [-0.2, -0.15) is 0 Å². The van der Waals surface area contributed by atoms with E-state index in [0.29, 0.717) is 0 Å². The fourth-order valence-electron chi connectivity index (χ4n) is 7.48. The molecule has 10 aromatic rings. The van der Waals surface area contributed by atoms with Gasteiger partial charge in [0.05, 0.1) is 5.69 Å². The third-order valence-corrected chi connectivity index (χ3v) is 9.83. The van der Waals surface area contributed by atoms with Gasteiger partial charge >= 0.3 is 0 Å². The summed E-state index contributed by atoms with van der Waals surface area (Å²) in [7, 11) is 0. The van der Waals surface area contributed by atoms with Gasteiger partial charge in [0.1, 0.15) is 11.2 Å². The van der Waals surface area contributed by atoms with Gasteiger partial charge in [0.15, 0.2) is 0 Å². The lowest BCUT2D eigenvalue weighted by molar-refractivity contribution is 0.669. The van der Waals surface area contributed by atoms with E-state index in [1.165, 1.54) is 43.1 Å². The largest absolute Gasteiger partial charge is 0.456 e. The second kappa shape index (κ2) is 10.6. The van der Waals surface area contributed by atoms with E-state index in [0.717, 1.165) is 50.1 Å². The summed E-state index contributed by atoms with van der Waals surface area (Å²) in [5.41, 5.74) is 7.48. The molecule has 0 N–H and O–H groups in total. The van der Waals surface area contributed by atoms with Crippen molar-refractivity contribution >= 4 is 82.1 Å². The molecule has 0 fully saturated rings. The molecule has 0 bridgehead atoms. The van der Waals surface area contributed by atoms with Crippen molar-refractivity contribution in [1.29, 1.82) is 0 Å². The van der Waals surface area contributed by atoms with Gasteiger partial charge in [0.25, 0.3) is 0 Å². The predicted molar refractivity (Wildman–Crippen MR) is 204 cm³/mol. The highest BCUT2D eigenvalue weighted by atomic mass is 16.3. The van der Waals surface area contributed by atoms with E-state index < -0.39 is 0 Å². The van der Waals surface area contributed by atoms with Crippen LogP contribution in [0, 0.1) is 0 Å². The molecule has 0 spiro atoms. The molecule has 2 heteroatoms. The molecule has 2 nitrogen and oxygen atoms in total. The van der Waals surface area contributed by atoms with Gasteiger partial charge < -0.3 is 9.32 Å². The SMILES string of the molecule is c1ccc2c(c1)ccc1ccc(N(c3ccc(-c4ccc5c(c4)oc4ccccc45)cc3)c3cccc4c3ccc3ccccc34)cc12. The van der Waals surface area contributed by atoms with Crippen LogP contribution < -0.4 is 4.90 Å². The maximum atomic E-state index is 6.22. The zero-order valence-electron chi connectivity index (χ0n) is 26.1. The van der Waals surface area contributed by atoms with Crippen molar-refractivity contribution in [3.05, 3.63) is 176 Å². The molecule has 0 aliphatic rings. The molecule has 10 rings (SSSR count). The Kier molecular flexibility index (Phi) is 5.91. The number of nitrogens with zero attached hydrogens (tertiary/aromatic N) is 1. The Hall–Kier alpha value is -6.38. The van der Waals surface area contributed by atoms with E-state index in [2.05, 4.69) is 169 Å². The molecule has 0 unspecified atom stereocenters. The fraction of sp³-hybridized carbons (Fsp3) is 0. The van der Waals surface area contributed by atoms with Gasteiger partial charge in [-0.05, 0) is 97.4 Å². The van der Waals surface area contributed by atoms with Gasteiger partial charge in [-0.3, -0.25) is 0 Å². The van der Waals surface area contributed by atoms with Crippen molar-refractivity contribution in [2.45, 2.75) is 0 Å². The molecule has 0 amide bonds. The summed E-state index contributed by atoms with van der Waals surface area (Å²) in [5, 5.41) is 12.3. The molecule has 0 atom stereocenters. The summed E-state index contributed by atoms with van der Waals surface area (Å²) in [5.74, 6) is 0. The van der Waals surface area contributed by atoms with Crippen LogP contribution in [0.25, 0.3) is 76.2 Å². The molecule has 0 saturated carbocycles. The lowest BCUT2D eigenvalue weighted by Gasteiger charge is -2.28. The van der Waals surface area contributed by atoms with Crippen molar-refractivity contribution in [1.82, 2.24) is 0 Å². The molecule has 0 radical (unpaired) electrons. The average Bonchev–Trinajstić information content (AvgIpc) is 3.53. The molecular weight excluding hydrogens is 583 g/mol. The van der Waals surface area contributed by atoms with Gasteiger partial charge in [-0.25, -0.2) is 0 Å². The summed E-state index contributed by atoms with van der Waals surface area (Å²) < 4.78 is 6.22. The molecule has 48 heavy (non-hydrogen) atoms. The predicted octanol–water partition coefficient (Wildman–Crippen LogP) is 13.3. The number of rotatable bonds is 4. The van der Waals surface area contributed by atoms with Crippen molar-refractivity contribution in [3.8, 4) is 11.1 Å². The normalized spacial score (nSPS) is 11.8. The van der Waals surface area contributed by atoms with Crippen LogP contribution >= 0.6 is 0 Å². The third kappa shape index (κ3) is 4.20. The number of fused-ring (bicyclic) bond motifs is 9. The first-order valence-electron chi connectivity index (χ1n) is 16.4. The zero-order valence-corrected chi connectivity index (χ0v) is 26.1. The molecule has 0 aliphatic carbocycles. The Morgan fingerprint density at radius 2 is 0.875 bits per heavy atom. The van der Waals surface area contributed by atoms with E-state index in [-0.39, 0.29) is 0 Å². The van der Waals surface area contributed by atoms with Crippen molar-refractivity contribution in [3.63, 3.8) is 0 Å². The smallest absolute Gasteiger partial charge is 0.136 e. The van der Waals surface area contributed by atoms with Gasteiger partial charge in [0, 0.05) is 27.5 Å². The van der Waals surface area contributed by atoms with Crippen LogP contribution in [-0.4, -0.2) is 0 Å². The average molecular weight is 612 g/mol. The Bertz CT molecular complexity index is 2840. The van der Waals surface area contributed by atoms with Gasteiger partial charge in [-0.1, -0.05) is 127 Å². The van der Waals surface area contributed by atoms with E-state index in [1.54, 1.807) is 0 Å². The quantitative estimate of drug-likeness (QED) is 0.184. The van der Waals surface area contributed by atoms with E-state index in [9.17, 15) is 0 Å². The minimum Gasteiger partial charge on any atom is -0.456 e. The number of benzene rings is 9. The van der Waals surface area contributed by atoms with Crippen molar-refractivity contribution < 1.29 is 4.42 Å².